The van der Waals surface area contributed by atoms with Crippen LogP contribution in [0.1, 0.15) is 38.2 Å². The molecule has 2 heterocycles. The van der Waals surface area contributed by atoms with Gasteiger partial charge in [-0.3, -0.25) is 9.59 Å². The van der Waals surface area contributed by atoms with Crippen LogP contribution in [0.25, 0.3) is 0 Å². The van der Waals surface area contributed by atoms with E-state index in [0.717, 1.165) is 37.2 Å². The fraction of sp³-hybridized carbons (Fsp3) is 0.500. The normalized spacial score (nSPS) is 19.7. The van der Waals surface area contributed by atoms with E-state index in [4.69, 9.17) is 0 Å². The summed E-state index contributed by atoms with van der Waals surface area (Å²) in [6, 6.07) is 7.62. The van der Waals surface area contributed by atoms with Gasteiger partial charge in [0.2, 0.25) is 5.91 Å². The summed E-state index contributed by atoms with van der Waals surface area (Å²) in [5.74, 6) is 0.608. The molecule has 0 atom stereocenters. The fourth-order valence-corrected chi connectivity index (χ4v) is 2.99. The zero-order valence-corrected chi connectivity index (χ0v) is 13.8. The zero-order valence-electron chi connectivity index (χ0n) is 13.8. The molecule has 0 radical (unpaired) electrons. The Labute approximate surface area is 137 Å². The molecule has 1 aromatic carbocycles. The Kier molecular flexibility index (Phi) is 4.46. The first-order valence-electron chi connectivity index (χ1n) is 8.31. The molecule has 0 saturated carbocycles. The molecule has 1 aromatic rings. The van der Waals surface area contributed by atoms with E-state index >= 15 is 0 Å². The summed E-state index contributed by atoms with van der Waals surface area (Å²) >= 11 is 0. The molecule has 2 aliphatic rings. The smallest absolute Gasteiger partial charge is 0.270 e. The van der Waals surface area contributed by atoms with Crippen molar-refractivity contribution in [2.75, 3.05) is 18.1 Å². The maximum absolute atomic E-state index is 12.7. The third-order valence-electron chi connectivity index (χ3n) is 4.63. The summed E-state index contributed by atoms with van der Waals surface area (Å²) in [6.07, 6.45) is 2.86. The molecule has 0 unspecified atom stereocenters. The van der Waals surface area contributed by atoms with E-state index in [2.05, 4.69) is 12.0 Å². The largest absolute Gasteiger partial charge is 0.338 e. The highest BCUT2D eigenvalue weighted by atomic mass is 16.2. The Bertz CT molecular complexity index is 628. The summed E-state index contributed by atoms with van der Waals surface area (Å²) in [7, 11) is 0. The second kappa shape index (κ2) is 6.52. The molecule has 5 nitrogen and oxygen atoms in total. The maximum Gasteiger partial charge on any atom is 0.270 e. The fourth-order valence-electron chi connectivity index (χ4n) is 2.99. The lowest BCUT2D eigenvalue weighted by Gasteiger charge is -2.32. The van der Waals surface area contributed by atoms with Crippen molar-refractivity contribution in [3.05, 3.63) is 29.8 Å². The number of hydrogen-bond donors (Lipinski definition) is 0. The van der Waals surface area contributed by atoms with Crippen molar-refractivity contribution in [3.63, 3.8) is 0 Å². The minimum atomic E-state index is -0.0577. The number of hydrogen-bond acceptors (Lipinski definition) is 3. The Balaban J connectivity index is 1.79. The van der Waals surface area contributed by atoms with E-state index in [1.165, 1.54) is 5.01 Å². The standard InChI is InChI=1S/C18H23N3O2/c1-13-3-5-15(6-4-13)21-17(22)8-7-16(19-21)18(23)20-11-9-14(2)10-12-20/h3-6,14H,7-12H2,1-2H3. The molecule has 3 rings (SSSR count). The first-order valence-corrected chi connectivity index (χ1v) is 8.31. The Morgan fingerprint density at radius 2 is 1.78 bits per heavy atom. The highest BCUT2D eigenvalue weighted by Crippen LogP contribution is 2.22. The lowest BCUT2D eigenvalue weighted by atomic mass is 9.98. The van der Waals surface area contributed by atoms with Crippen molar-refractivity contribution in [2.24, 2.45) is 11.0 Å². The van der Waals surface area contributed by atoms with E-state index in [0.29, 0.717) is 24.5 Å². The second-order valence-electron chi connectivity index (χ2n) is 6.56. The van der Waals surface area contributed by atoms with Crippen LogP contribution in [-0.4, -0.2) is 35.5 Å². The molecule has 0 bridgehead atoms. The second-order valence-corrected chi connectivity index (χ2v) is 6.56. The van der Waals surface area contributed by atoms with Crippen molar-refractivity contribution in [1.29, 1.82) is 0 Å². The van der Waals surface area contributed by atoms with Gasteiger partial charge in [0.25, 0.3) is 5.91 Å². The summed E-state index contributed by atoms with van der Waals surface area (Å²) in [5, 5.41) is 5.74. The van der Waals surface area contributed by atoms with Gasteiger partial charge in [-0.25, -0.2) is 5.01 Å². The van der Waals surface area contributed by atoms with Crippen molar-refractivity contribution in [2.45, 2.75) is 39.5 Å². The van der Waals surface area contributed by atoms with Crippen LogP contribution in [0.15, 0.2) is 29.4 Å². The number of benzene rings is 1. The van der Waals surface area contributed by atoms with Gasteiger partial charge >= 0.3 is 0 Å². The van der Waals surface area contributed by atoms with Crippen LogP contribution < -0.4 is 5.01 Å². The lowest BCUT2D eigenvalue weighted by molar-refractivity contribution is -0.125. The average Bonchev–Trinajstić information content (AvgIpc) is 2.56. The predicted octanol–water partition coefficient (Wildman–Crippen LogP) is 2.74. The van der Waals surface area contributed by atoms with Crippen molar-refractivity contribution >= 4 is 23.2 Å². The van der Waals surface area contributed by atoms with E-state index in [9.17, 15) is 9.59 Å². The molecular formula is C18H23N3O2. The average molecular weight is 313 g/mol. The van der Waals surface area contributed by atoms with Crippen LogP contribution >= 0.6 is 0 Å². The van der Waals surface area contributed by atoms with Gasteiger partial charge in [-0.05, 0) is 37.8 Å². The van der Waals surface area contributed by atoms with E-state index in [1.807, 2.05) is 36.1 Å². The molecule has 0 aromatic heterocycles. The summed E-state index contributed by atoms with van der Waals surface area (Å²) in [5.41, 5.74) is 2.35. The number of rotatable bonds is 2. The summed E-state index contributed by atoms with van der Waals surface area (Å²) in [4.78, 5) is 26.7. The monoisotopic (exact) mass is 313 g/mol. The van der Waals surface area contributed by atoms with Crippen LogP contribution in [0.2, 0.25) is 0 Å². The first kappa shape index (κ1) is 15.7. The minimum Gasteiger partial charge on any atom is -0.338 e. The number of amides is 2. The quantitative estimate of drug-likeness (QED) is 0.843. The van der Waals surface area contributed by atoms with Crippen LogP contribution in [0, 0.1) is 12.8 Å². The van der Waals surface area contributed by atoms with Gasteiger partial charge < -0.3 is 4.90 Å². The van der Waals surface area contributed by atoms with Crippen molar-refractivity contribution in [1.82, 2.24) is 4.90 Å². The summed E-state index contributed by atoms with van der Waals surface area (Å²) < 4.78 is 0. The molecule has 0 N–H and O–H groups in total. The molecule has 23 heavy (non-hydrogen) atoms. The van der Waals surface area contributed by atoms with Gasteiger partial charge in [-0.2, -0.15) is 5.10 Å². The minimum absolute atomic E-state index is 0.0125. The molecule has 0 spiro atoms. The van der Waals surface area contributed by atoms with Gasteiger partial charge in [-0.15, -0.1) is 0 Å². The maximum atomic E-state index is 12.7. The number of carbonyl (C=O) groups is 2. The van der Waals surface area contributed by atoms with E-state index in [1.54, 1.807) is 0 Å². The molecule has 122 valence electrons. The number of piperidine rings is 1. The zero-order chi connectivity index (χ0) is 16.4. The van der Waals surface area contributed by atoms with Crippen LogP contribution in [-0.2, 0) is 9.59 Å². The predicted molar refractivity (Wildman–Crippen MR) is 90.3 cm³/mol. The number of carbonyl (C=O) groups excluding carboxylic acids is 2. The van der Waals surface area contributed by atoms with Gasteiger partial charge in [-0.1, -0.05) is 24.6 Å². The highest BCUT2D eigenvalue weighted by molar-refractivity contribution is 6.40. The first-order chi connectivity index (χ1) is 11.0. The lowest BCUT2D eigenvalue weighted by Crippen LogP contribution is -2.44. The van der Waals surface area contributed by atoms with Crippen molar-refractivity contribution < 1.29 is 9.59 Å². The number of nitrogens with zero attached hydrogens (tertiary/aromatic N) is 3. The molecule has 1 saturated heterocycles. The number of anilines is 1. The van der Waals surface area contributed by atoms with Crippen molar-refractivity contribution in [3.8, 4) is 0 Å². The molecule has 1 fully saturated rings. The molecular weight excluding hydrogens is 290 g/mol. The Morgan fingerprint density at radius 1 is 1.13 bits per heavy atom. The van der Waals surface area contributed by atoms with Crippen LogP contribution in [0.4, 0.5) is 5.69 Å². The Morgan fingerprint density at radius 3 is 2.43 bits per heavy atom. The van der Waals surface area contributed by atoms with Gasteiger partial charge in [0.1, 0.15) is 5.71 Å². The summed E-state index contributed by atoms with van der Waals surface area (Å²) in [6.45, 7) is 5.80. The van der Waals surface area contributed by atoms with Gasteiger partial charge in [0.15, 0.2) is 0 Å². The van der Waals surface area contributed by atoms with Crippen LogP contribution in [0.3, 0.4) is 0 Å². The third-order valence-corrected chi connectivity index (χ3v) is 4.63. The van der Waals surface area contributed by atoms with E-state index in [-0.39, 0.29) is 11.8 Å². The number of likely N-dealkylation sites (tertiary alicyclic amines) is 1. The molecule has 0 aliphatic carbocycles. The van der Waals surface area contributed by atoms with E-state index < -0.39 is 0 Å². The van der Waals surface area contributed by atoms with Gasteiger partial charge in [0.05, 0.1) is 5.69 Å². The highest BCUT2D eigenvalue weighted by Gasteiger charge is 2.29. The number of aryl methyl sites for hydroxylation is 1. The Hall–Kier alpha value is -2.17. The molecule has 2 aliphatic heterocycles. The van der Waals surface area contributed by atoms with Gasteiger partial charge in [0, 0.05) is 25.9 Å². The van der Waals surface area contributed by atoms with Crippen LogP contribution in [0.5, 0.6) is 0 Å². The third kappa shape index (κ3) is 3.44. The molecule has 5 heteroatoms. The topological polar surface area (TPSA) is 53.0 Å². The number of hydrazone groups is 1. The molecule has 2 amide bonds. The SMILES string of the molecule is Cc1ccc(N2N=C(C(=O)N3CCC(C)CC3)CCC2=O)cc1.